The van der Waals surface area contributed by atoms with Crippen LogP contribution in [-0.2, 0) is 9.59 Å². The number of carbonyl (C=O) groups is 2. The van der Waals surface area contributed by atoms with Crippen LogP contribution in [0.4, 0.5) is 0 Å². The van der Waals surface area contributed by atoms with Crippen LogP contribution in [0.5, 0.6) is 5.75 Å². The van der Waals surface area contributed by atoms with Crippen molar-refractivity contribution in [3.05, 3.63) is 71.6 Å². The quantitative estimate of drug-likeness (QED) is 0.527. The fourth-order valence-corrected chi connectivity index (χ4v) is 2.43. The van der Waals surface area contributed by atoms with Crippen LogP contribution < -0.4 is 15.6 Å². The minimum atomic E-state index is -0.491. The van der Waals surface area contributed by atoms with E-state index in [9.17, 15) is 9.59 Å². The molecule has 1 aromatic heterocycles. The van der Waals surface area contributed by atoms with E-state index in [1.807, 2.05) is 56.3 Å². The zero-order valence-corrected chi connectivity index (χ0v) is 15.6. The highest BCUT2D eigenvalue weighted by Gasteiger charge is 2.06. The lowest BCUT2D eigenvalue weighted by molar-refractivity contribution is -0.128. The number of nitrogens with one attached hydrogen (secondary N) is 2. The summed E-state index contributed by atoms with van der Waals surface area (Å²) >= 11 is 0. The predicted molar refractivity (Wildman–Crippen MR) is 106 cm³/mol. The first-order valence-electron chi connectivity index (χ1n) is 8.70. The van der Waals surface area contributed by atoms with Crippen LogP contribution in [0.1, 0.15) is 16.8 Å². The Labute approximate surface area is 162 Å². The van der Waals surface area contributed by atoms with Gasteiger partial charge in [-0.15, -0.1) is 0 Å². The second-order valence-corrected chi connectivity index (χ2v) is 6.21. The molecule has 0 atom stereocenters. The van der Waals surface area contributed by atoms with Gasteiger partial charge in [-0.1, -0.05) is 24.3 Å². The lowest BCUT2D eigenvalue weighted by atomic mass is 10.1. The number of benzene rings is 2. The highest BCUT2D eigenvalue weighted by Crippen LogP contribution is 2.18. The third-order valence-electron chi connectivity index (χ3n) is 3.90. The van der Waals surface area contributed by atoms with Crippen LogP contribution >= 0.6 is 0 Å². The standard InChI is InChI=1S/C21H20N4O3/c1-14-7-8-15(2)19(11-14)28-13-21(27)25-24-20(26)10-9-16-12-22-17-5-3-4-6-18(17)23-16/h3-12H,13H2,1-2H3,(H,24,26)(H,25,27). The van der Waals surface area contributed by atoms with E-state index in [1.165, 1.54) is 12.2 Å². The Morgan fingerprint density at radius 2 is 1.86 bits per heavy atom. The number of carbonyl (C=O) groups excluding carboxylic acids is 2. The molecule has 3 aromatic rings. The van der Waals surface area contributed by atoms with Gasteiger partial charge < -0.3 is 4.74 Å². The summed E-state index contributed by atoms with van der Waals surface area (Å²) in [4.78, 5) is 32.3. The number of amides is 2. The molecule has 7 nitrogen and oxygen atoms in total. The molecule has 0 saturated heterocycles. The number of nitrogens with zero attached hydrogens (tertiary/aromatic N) is 2. The van der Waals surface area contributed by atoms with Gasteiger partial charge in [0.2, 0.25) is 0 Å². The number of hydrogen-bond acceptors (Lipinski definition) is 5. The molecule has 0 bridgehead atoms. The zero-order chi connectivity index (χ0) is 19.9. The van der Waals surface area contributed by atoms with Crippen molar-refractivity contribution in [2.24, 2.45) is 0 Å². The van der Waals surface area contributed by atoms with E-state index in [0.717, 1.165) is 22.2 Å². The Bertz CT molecular complexity index is 1050. The molecule has 0 saturated carbocycles. The van der Waals surface area contributed by atoms with Gasteiger partial charge in [-0.25, -0.2) is 4.98 Å². The summed E-state index contributed by atoms with van der Waals surface area (Å²) in [5, 5.41) is 0. The molecule has 2 amide bonds. The van der Waals surface area contributed by atoms with Crippen LogP contribution in [0.15, 0.2) is 54.7 Å². The Morgan fingerprint density at radius 3 is 2.68 bits per heavy atom. The maximum atomic E-state index is 11.9. The monoisotopic (exact) mass is 376 g/mol. The molecule has 7 heteroatoms. The highest BCUT2D eigenvalue weighted by atomic mass is 16.5. The summed E-state index contributed by atoms with van der Waals surface area (Å²) in [7, 11) is 0. The molecule has 2 N–H and O–H groups in total. The van der Waals surface area contributed by atoms with Gasteiger partial charge in [-0.05, 0) is 49.2 Å². The maximum absolute atomic E-state index is 11.9. The van der Waals surface area contributed by atoms with Gasteiger partial charge in [0, 0.05) is 6.08 Å². The molecule has 2 aromatic carbocycles. The number of rotatable bonds is 5. The summed E-state index contributed by atoms with van der Waals surface area (Å²) in [6.07, 6.45) is 4.36. The first-order valence-corrected chi connectivity index (χ1v) is 8.70. The van der Waals surface area contributed by atoms with Crippen LogP contribution in [0.2, 0.25) is 0 Å². The summed E-state index contributed by atoms with van der Waals surface area (Å²) in [5.41, 5.74) is 8.63. The number of aryl methyl sites for hydroxylation is 2. The molecular weight excluding hydrogens is 356 g/mol. The second kappa shape index (κ2) is 8.77. The van der Waals surface area contributed by atoms with Crippen LogP contribution in [-0.4, -0.2) is 28.4 Å². The van der Waals surface area contributed by atoms with E-state index >= 15 is 0 Å². The first kappa shape index (κ1) is 19.0. The first-order chi connectivity index (χ1) is 13.5. The number of fused-ring (bicyclic) bond motifs is 1. The average molecular weight is 376 g/mol. The normalized spacial score (nSPS) is 10.8. The number of ether oxygens (including phenoxy) is 1. The lowest BCUT2D eigenvalue weighted by Gasteiger charge is -2.10. The largest absolute Gasteiger partial charge is 0.483 e. The molecule has 0 fully saturated rings. The molecule has 0 radical (unpaired) electrons. The van der Waals surface area contributed by atoms with E-state index in [1.54, 1.807) is 6.20 Å². The fraction of sp³-hybridized carbons (Fsp3) is 0.143. The van der Waals surface area contributed by atoms with Crippen molar-refractivity contribution in [2.45, 2.75) is 13.8 Å². The summed E-state index contributed by atoms with van der Waals surface area (Å²) < 4.78 is 5.48. The minimum Gasteiger partial charge on any atom is -0.483 e. The van der Waals surface area contributed by atoms with Crippen molar-refractivity contribution in [3.63, 3.8) is 0 Å². The third kappa shape index (κ3) is 5.14. The van der Waals surface area contributed by atoms with Crippen molar-refractivity contribution in [1.29, 1.82) is 0 Å². The molecule has 0 aliphatic rings. The molecule has 0 aliphatic carbocycles. The highest BCUT2D eigenvalue weighted by molar-refractivity contribution is 5.93. The zero-order valence-electron chi connectivity index (χ0n) is 15.6. The maximum Gasteiger partial charge on any atom is 0.276 e. The number of hydrogen-bond donors (Lipinski definition) is 2. The van der Waals surface area contributed by atoms with Crippen molar-refractivity contribution >= 4 is 28.9 Å². The van der Waals surface area contributed by atoms with Gasteiger partial charge in [-0.3, -0.25) is 25.4 Å². The third-order valence-corrected chi connectivity index (χ3v) is 3.90. The summed E-state index contributed by atoms with van der Waals surface area (Å²) in [5.74, 6) is -0.320. The van der Waals surface area contributed by atoms with Gasteiger partial charge in [0.05, 0.1) is 22.9 Å². The summed E-state index contributed by atoms with van der Waals surface area (Å²) in [6.45, 7) is 3.64. The molecule has 0 unspecified atom stereocenters. The molecule has 0 aliphatic heterocycles. The second-order valence-electron chi connectivity index (χ2n) is 6.21. The fourth-order valence-electron chi connectivity index (χ4n) is 2.43. The molecule has 142 valence electrons. The number of para-hydroxylation sites is 2. The van der Waals surface area contributed by atoms with Crippen molar-refractivity contribution in [3.8, 4) is 5.75 Å². The summed E-state index contributed by atoms with van der Waals surface area (Å²) in [6, 6.07) is 13.2. The number of aromatic nitrogens is 2. The Hall–Kier alpha value is -3.74. The number of hydrazine groups is 1. The van der Waals surface area contributed by atoms with E-state index in [4.69, 9.17) is 4.74 Å². The van der Waals surface area contributed by atoms with Gasteiger partial charge in [-0.2, -0.15) is 0 Å². The topological polar surface area (TPSA) is 93.2 Å². The van der Waals surface area contributed by atoms with E-state index < -0.39 is 11.8 Å². The van der Waals surface area contributed by atoms with E-state index in [0.29, 0.717) is 11.4 Å². The smallest absolute Gasteiger partial charge is 0.276 e. The minimum absolute atomic E-state index is 0.204. The van der Waals surface area contributed by atoms with E-state index in [-0.39, 0.29) is 6.61 Å². The van der Waals surface area contributed by atoms with Gasteiger partial charge in [0.15, 0.2) is 6.61 Å². The van der Waals surface area contributed by atoms with E-state index in [2.05, 4.69) is 20.8 Å². The van der Waals surface area contributed by atoms with Crippen molar-refractivity contribution in [1.82, 2.24) is 20.8 Å². The lowest BCUT2D eigenvalue weighted by Crippen LogP contribution is -2.43. The predicted octanol–water partition coefficient (Wildman–Crippen LogP) is 2.49. The SMILES string of the molecule is Cc1ccc(C)c(OCC(=O)NNC(=O)C=Cc2cnc3ccccc3n2)c1. The Kier molecular flexibility index (Phi) is 5.96. The van der Waals surface area contributed by atoms with Crippen LogP contribution in [0, 0.1) is 13.8 Å². The van der Waals surface area contributed by atoms with Gasteiger partial charge in [0.1, 0.15) is 5.75 Å². The molecular formula is C21H20N4O3. The molecule has 1 heterocycles. The average Bonchev–Trinajstić information content (AvgIpc) is 2.71. The molecule has 28 heavy (non-hydrogen) atoms. The Balaban J connectivity index is 1.48. The van der Waals surface area contributed by atoms with Gasteiger partial charge >= 0.3 is 0 Å². The molecule has 3 rings (SSSR count). The Morgan fingerprint density at radius 1 is 1.07 bits per heavy atom. The van der Waals surface area contributed by atoms with Crippen LogP contribution in [0.3, 0.4) is 0 Å². The molecule has 0 spiro atoms. The van der Waals surface area contributed by atoms with Gasteiger partial charge in [0.25, 0.3) is 11.8 Å². The van der Waals surface area contributed by atoms with Crippen LogP contribution in [0.25, 0.3) is 17.1 Å². The van der Waals surface area contributed by atoms with Crippen molar-refractivity contribution in [2.75, 3.05) is 6.61 Å². The van der Waals surface area contributed by atoms with Crippen molar-refractivity contribution < 1.29 is 14.3 Å².